The Hall–Kier alpha value is -3.44. The number of hydrogen-bond donors (Lipinski definition) is 2. The summed E-state index contributed by atoms with van der Waals surface area (Å²) in [4.78, 5) is 4.80. The molecule has 0 saturated carbocycles. The first kappa shape index (κ1) is 22.4. The smallest absolute Gasteiger partial charge is 0.0641 e. The maximum absolute atomic E-state index is 14.8. The summed E-state index contributed by atoms with van der Waals surface area (Å²) in [6.45, 7) is 0. The highest BCUT2D eigenvalue weighted by atomic mass is 32.3. The quantitative estimate of drug-likeness (QED) is 0.241. The Labute approximate surface area is 203 Å². The Balaban J connectivity index is 1.67. The second-order valence-corrected chi connectivity index (χ2v) is 13.5. The monoisotopic (exact) mass is 482 g/mol. The molecule has 5 aromatic carbocycles. The van der Waals surface area contributed by atoms with Crippen LogP contribution in [0.1, 0.15) is 0 Å². The Bertz CT molecular complexity index is 1350. The molecule has 2 nitrogen and oxygen atoms in total. The lowest BCUT2D eigenvalue weighted by atomic mass is 10.3. The molecule has 5 aromatic rings. The van der Waals surface area contributed by atoms with Gasteiger partial charge in [0.2, 0.25) is 0 Å². The van der Waals surface area contributed by atoms with E-state index in [4.69, 9.17) is 0 Å². The van der Waals surface area contributed by atoms with Crippen molar-refractivity contribution in [1.29, 1.82) is 0 Å². The highest BCUT2D eigenvalue weighted by Crippen LogP contribution is 2.53. The minimum Gasteiger partial charge on any atom is -0.290 e. The van der Waals surface area contributed by atoms with Crippen LogP contribution in [0.15, 0.2) is 175 Å². The topological polar surface area (TPSA) is 37.3 Å². The van der Waals surface area contributed by atoms with Gasteiger partial charge in [0, 0.05) is 0 Å². The molecule has 0 spiro atoms. The largest absolute Gasteiger partial charge is 0.290 e. The van der Waals surface area contributed by atoms with Gasteiger partial charge >= 0.3 is 0 Å². The molecule has 0 bridgehead atoms. The van der Waals surface area contributed by atoms with Gasteiger partial charge in [-0.3, -0.25) is 4.55 Å². The summed E-state index contributed by atoms with van der Waals surface area (Å²) in [5, 5.41) is 0. The summed E-state index contributed by atoms with van der Waals surface area (Å²) in [5.74, 6) is 0. The van der Waals surface area contributed by atoms with Gasteiger partial charge in [-0.25, -0.2) is 0 Å². The predicted molar refractivity (Wildman–Crippen MR) is 142 cm³/mol. The molecule has 4 heteroatoms. The maximum atomic E-state index is 14.8. The lowest BCUT2D eigenvalue weighted by Gasteiger charge is -2.43. The summed E-state index contributed by atoms with van der Waals surface area (Å²) in [6, 6.07) is 46.4. The fourth-order valence-corrected chi connectivity index (χ4v) is 9.27. The minimum absolute atomic E-state index is 0.395. The van der Waals surface area contributed by atoms with Crippen molar-refractivity contribution in [3.05, 3.63) is 146 Å². The Morgan fingerprint density at radius 1 is 0.412 bits per heavy atom. The first-order valence-corrected chi connectivity index (χ1v) is 14.4. The van der Waals surface area contributed by atoms with Gasteiger partial charge in [-0.1, -0.05) is 72.8 Å². The second-order valence-electron chi connectivity index (χ2n) is 8.03. The summed E-state index contributed by atoms with van der Waals surface area (Å²) in [6.07, 6.45) is 0. The SMILES string of the molecule is O=S(O)(c1ccccc1)(c1ccccc1)c1ccc([SH](c2ccccc2)c2ccccc2)cc1. The van der Waals surface area contributed by atoms with Crippen molar-refractivity contribution in [1.82, 2.24) is 0 Å². The van der Waals surface area contributed by atoms with E-state index in [2.05, 4.69) is 48.5 Å². The van der Waals surface area contributed by atoms with Crippen LogP contribution in [-0.2, 0) is 9.35 Å². The van der Waals surface area contributed by atoms with Gasteiger partial charge in [-0.2, -0.15) is 15.1 Å². The molecule has 0 heterocycles. The molecule has 0 aromatic heterocycles. The Kier molecular flexibility index (Phi) is 5.96. The van der Waals surface area contributed by atoms with Crippen molar-refractivity contribution < 1.29 is 8.76 Å². The summed E-state index contributed by atoms with van der Waals surface area (Å²) < 4.78 is 26.9. The van der Waals surface area contributed by atoms with Crippen molar-refractivity contribution in [3.8, 4) is 0 Å². The zero-order valence-corrected chi connectivity index (χ0v) is 20.3. The minimum atomic E-state index is -4.52. The van der Waals surface area contributed by atoms with Crippen LogP contribution in [0.3, 0.4) is 0 Å². The highest BCUT2D eigenvalue weighted by molar-refractivity contribution is 8.17. The predicted octanol–water partition coefficient (Wildman–Crippen LogP) is 7.94. The van der Waals surface area contributed by atoms with Crippen molar-refractivity contribution in [2.24, 2.45) is 0 Å². The third-order valence-electron chi connectivity index (χ3n) is 5.92. The maximum Gasteiger partial charge on any atom is 0.0641 e. The molecule has 0 atom stereocenters. The van der Waals surface area contributed by atoms with Gasteiger partial charge in [-0.05, 0) is 87.5 Å². The zero-order valence-electron chi connectivity index (χ0n) is 18.6. The standard InChI is InChI=1S/C30H26O2S2/c31-34(32,28-17-9-3-10-18-28,29-19-11-4-12-20-29)30-23-21-27(22-24-30)33(25-13-5-1-6-14-25)26-15-7-2-8-16-26/h1-24,33H,(H,31,32). The van der Waals surface area contributed by atoms with Gasteiger partial charge in [0.05, 0.1) is 14.7 Å². The van der Waals surface area contributed by atoms with Crippen LogP contribution in [-0.4, -0.2) is 8.76 Å². The first-order valence-electron chi connectivity index (χ1n) is 11.1. The van der Waals surface area contributed by atoms with Crippen LogP contribution >= 0.6 is 10.9 Å². The van der Waals surface area contributed by atoms with Crippen molar-refractivity contribution in [2.45, 2.75) is 29.4 Å². The average Bonchev–Trinajstić information content (AvgIpc) is 2.92. The molecule has 0 amide bonds. The third kappa shape index (κ3) is 3.90. The van der Waals surface area contributed by atoms with Crippen molar-refractivity contribution >= 4 is 20.2 Å². The average molecular weight is 483 g/mol. The molecule has 34 heavy (non-hydrogen) atoms. The number of rotatable bonds is 6. The zero-order chi connectivity index (χ0) is 23.5. The molecule has 0 aliphatic rings. The van der Waals surface area contributed by atoms with E-state index in [-0.39, 0.29) is 0 Å². The lowest BCUT2D eigenvalue weighted by Crippen LogP contribution is -2.33. The van der Waals surface area contributed by atoms with Gasteiger partial charge in [0.25, 0.3) is 0 Å². The van der Waals surface area contributed by atoms with Crippen LogP contribution in [0.4, 0.5) is 0 Å². The van der Waals surface area contributed by atoms with E-state index in [0.717, 1.165) is 4.90 Å². The van der Waals surface area contributed by atoms with E-state index in [9.17, 15) is 8.76 Å². The molecule has 170 valence electrons. The fourth-order valence-electron chi connectivity index (χ4n) is 4.20. The Morgan fingerprint density at radius 3 is 1.09 bits per heavy atom. The van der Waals surface area contributed by atoms with Crippen LogP contribution < -0.4 is 0 Å². The van der Waals surface area contributed by atoms with E-state index < -0.39 is 20.2 Å². The normalized spacial score (nSPS) is 13.0. The highest BCUT2D eigenvalue weighted by Gasteiger charge is 2.35. The third-order valence-corrected chi connectivity index (χ3v) is 11.8. The van der Waals surface area contributed by atoms with E-state index >= 15 is 0 Å². The molecule has 0 aliphatic carbocycles. The fraction of sp³-hybridized carbons (Fsp3) is 0. The van der Waals surface area contributed by atoms with Crippen molar-refractivity contribution in [2.75, 3.05) is 0 Å². The van der Waals surface area contributed by atoms with E-state index in [0.29, 0.717) is 14.7 Å². The molecule has 0 radical (unpaired) electrons. The molecule has 5 rings (SSSR count). The Morgan fingerprint density at radius 2 is 0.706 bits per heavy atom. The van der Waals surface area contributed by atoms with E-state index in [1.807, 2.05) is 48.5 Å². The van der Waals surface area contributed by atoms with Crippen molar-refractivity contribution in [3.63, 3.8) is 0 Å². The first-order chi connectivity index (χ1) is 16.6. The number of hydrogen-bond acceptors (Lipinski definition) is 1. The summed E-state index contributed by atoms with van der Waals surface area (Å²) >= 11 is 0. The van der Waals surface area contributed by atoms with Gasteiger partial charge < -0.3 is 0 Å². The number of thiol groups is 1. The van der Waals surface area contributed by atoms with E-state index in [1.54, 1.807) is 48.5 Å². The van der Waals surface area contributed by atoms with Crippen LogP contribution in [0, 0.1) is 0 Å². The second kappa shape index (κ2) is 9.07. The molecular formula is C30H26O2S2. The molecule has 0 aliphatic heterocycles. The van der Waals surface area contributed by atoms with E-state index in [1.165, 1.54) is 9.79 Å². The summed E-state index contributed by atoms with van der Waals surface area (Å²) in [7, 11) is -5.31. The molecule has 1 N–H and O–H groups in total. The molecular weight excluding hydrogens is 456 g/mol. The van der Waals surface area contributed by atoms with Gasteiger partial charge in [-0.15, -0.1) is 9.35 Å². The molecule has 0 fully saturated rings. The molecule has 0 unspecified atom stereocenters. The molecule has 0 saturated heterocycles. The lowest BCUT2D eigenvalue weighted by molar-refractivity contribution is 0.510. The van der Waals surface area contributed by atoms with Gasteiger partial charge in [0.1, 0.15) is 0 Å². The summed E-state index contributed by atoms with van der Waals surface area (Å²) in [5.41, 5.74) is 0. The number of benzene rings is 5. The van der Waals surface area contributed by atoms with Crippen LogP contribution in [0.5, 0.6) is 0 Å². The van der Waals surface area contributed by atoms with Crippen LogP contribution in [0.2, 0.25) is 0 Å². The van der Waals surface area contributed by atoms with Crippen LogP contribution in [0.25, 0.3) is 0 Å². The van der Waals surface area contributed by atoms with Gasteiger partial charge in [0.15, 0.2) is 0 Å².